The van der Waals surface area contributed by atoms with Gasteiger partial charge in [-0.2, -0.15) is 11.8 Å². The molecule has 3 amide bonds. The van der Waals surface area contributed by atoms with Crippen LogP contribution >= 0.6 is 11.8 Å². The van der Waals surface area contributed by atoms with Crippen LogP contribution in [0.25, 0.3) is 0 Å². The first-order valence-electron chi connectivity index (χ1n) is 10.3. The lowest BCUT2D eigenvalue weighted by Crippen LogP contribution is -2.38. The fraction of sp³-hybridized carbons (Fsp3) is 0.391. The first-order chi connectivity index (χ1) is 15.0. The minimum atomic E-state index is -0.215. The van der Waals surface area contributed by atoms with Gasteiger partial charge in [0.15, 0.2) is 0 Å². The molecule has 0 bridgehead atoms. The van der Waals surface area contributed by atoms with Gasteiger partial charge < -0.3 is 24.6 Å². The van der Waals surface area contributed by atoms with Crippen molar-refractivity contribution in [3.05, 3.63) is 54.1 Å². The van der Waals surface area contributed by atoms with Gasteiger partial charge in [0, 0.05) is 37.3 Å². The number of nitrogens with one attached hydrogen (secondary N) is 1. The van der Waals surface area contributed by atoms with Crippen molar-refractivity contribution in [3.8, 4) is 11.5 Å². The molecule has 0 spiro atoms. The van der Waals surface area contributed by atoms with Gasteiger partial charge in [0.05, 0.1) is 20.1 Å². The molecule has 1 aliphatic rings. The zero-order valence-electron chi connectivity index (χ0n) is 18.0. The molecule has 1 fully saturated rings. The lowest BCUT2D eigenvalue weighted by molar-refractivity contribution is -0.130. The summed E-state index contributed by atoms with van der Waals surface area (Å²) in [6.07, 6.45) is 0.390. The molecular weight excluding hydrogens is 414 g/mol. The Morgan fingerprint density at radius 3 is 2.32 bits per heavy atom. The second-order valence-corrected chi connectivity index (χ2v) is 8.47. The second-order valence-electron chi connectivity index (χ2n) is 7.24. The maximum absolute atomic E-state index is 12.4. The lowest BCUT2D eigenvalue weighted by Gasteiger charge is -2.26. The Morgan fingerprint density at radius 1 is 1.03 bits per heavy atom. The highest BCUT2D eigenvalue weighted by Crippen LogP contribution is 2.17. The van der Waals surface area contributed by atoms with Crippen LogP contribution in [0.3, 0.4) is 0 Å². The van der Waals surface area contributed by atoms with Gasteiger partial charge in [0.25, 0.3) is 0 Å². The van der Waals surface area contributed by atoms with Gasteiger partial charge in [0.2, 0.25) is 5.91 Å². The SMILES string of the molecule is COc1ccc(OCCN(C)C(=O)Nc2ccc(CC(=O)N3CCSCC3)cc2)cc1. The molecule has 0 aliphatic carbocycles. The van der Waals surface area contributed by atoms with E-state index in [4.69, 9.17) is 9.47 Å². The Morgan fingerprint density at radius 2 is 1.68 bits per heavy atom. The van der Waals surface area contributed by atoms with E-state index in [2.05, 4.69) is 5.32 Å². The number of likely N-dealkylation sites (N-methyl/N-ethyl adjacent to an activating group) is 1. The molecule has 7 nitrogen and oxygen atoms in total. The van der Waals surface area contributed by atoms with Crippen molar-refractivity contribution in [1.29, 1.82) is 0 Å². The van der Waals surface area contributed by atoms with E-state index in [1.54, 1.807) is 19.1 Å². The molecule has 1 N–H and O–H groups in total. The summed E-state index contributed by atoms with van der Waals surface area (Å²) < 4.78 is 10.8. The van der Waals surface area contributed by atoms with E-state index in [0.717, 1.165) is 41.7 Å². The quantitative estimate of drug-likeness (QED) is 0.678. The average Bonchev–Trinajstić information content (AvgIpc) is 2.81. The van der Waals surface area contributed by atoms with Gasteiger partial charge in [-0.3, -0.25) is 4.79 Å². The van der Waals surface area contributed by atoms with Crippen molar-refractivity contribution in [2.45, 2.75) is 6.42 Å². The van der Waals surface area contributed by atoms with Crippen molar-refractivity contribution in [1.82, 2.24) is 9.80 Å². The predicted octanol–water partition coefficient (Wildman–Crippen LogP) is 3.36. The topological polar surface area (TPSA) is 71.1 Å². The molecule has 0 unspecified atom stereocenters. The van der Waals surface area contributed by atoms with E-state index in [-0.39, 0.29) is 11.9 Å². The van der Waals surface area contributed by atoms with Crippen LogP contribution in [-0.2, 0) is 11.2 Å². The van der Waals surface area contributed by atoms with Crippen molar-refractivity contribution in [2.75, 3.05) is 57.2 Å². The minimum absolute atomic E-state index is 0.161. The number of urea groups is 1. The maximum atomic E-state index is 12.4. The summed E-state index contributed by atoms with van der Waals surface area (Å²) in [5.74, 6) is 3.67. The molecule has 8 heteroatoms. The maximum Gasteiger partial charge on any atom is 0.321 e. The first-order valence-corrected chi connectivity index (χ1v) is 11.4. The Bertz CT molecular complexity index is 852. The summed E-state index contributed by atoms with van der Waals surface area (Å²) in [6, 6.07) is 14.5. The Labute approximate surface area is 187 Å². The van der Waals surface area contributed by atoms with Gasteiger partial charge in [-0.15, -0.1) is 0 Å². The number of hydrogen-bond donors (Lipinski definition) is 1. The van der Waals surface area contributed by atoms with Crippen LogP contribution in [0.4, 0.5) is 10.5 Å². The number of rotatable bonds is 8. The number of nitrogens with zero attached hydrogens (tertiary/aromatic N) is 2. The summed E-state index contributed by atoms with van der Waals surface area (Å²) in [7, 11) is 3.34. The molecular formula is C23H29N3O4S. The van der Waals surface area contributed by atoms with E-state index in [1.807, 2.05) is 65.2 Å². The summed E-state index contributed by atoms with van der Waals surface area (Å²) in [5, 5.41) is 2.87. The molecule has 1 saturated heterocycles. The smallest absolute Gasteiger partial charge is 0.321 e. The lowest BCUT2D eigenvalue weighted by atomic mass is 10.1. The third kappa shape index (κ3) is 7.10. The zero-order chi connectivity index (χ0) is 22.1. The Kier molecular flexibility index (Phi) is 8.46. The highest BCUT2D eigenvalue weighted by atomic mass is 32.2. The number of hydrogen-bond acceptors (Lipinski definition) is 5. The molecule has 0 aromatic heterocycles. The number of anilines is 1. The van der Waals surface area contributed by atoms with E-state index in [1.165, 1.54) is 0 Å². The molecule has 0 radical (unpaired) electrons. The van der Waals surface area contributed by atoms with Crippen LogP contribution < -0.4 is 14.8 Å². The molecule has 1 aliphatic heterocycles. The number of carbonyl (C=O) groups excluding carboxylic acids is 2. The number of benzene rings is 2. The number of methoxy groups -OCH3 is 1. The van der Waals surface area contributed by atoms with Crippen molar-refractivity contribution in [3.63, 3.8) is 0 Å². The summed E-state index contributed by atoms with van der Waals surface area (Å²) in [6.45, 7) is 2.48. The van der Waals surface area contributed by atoms with E-state index < -0.39 is 0 Å². The fourth-order valence-electron chi connectivity index (χ4n) is 3.10. The van der Waals surface area contributed by atoms with Crippen LogP contribution in [-0.4, -0.2) is 73.6 Å². The Balaban J connectivity index is 1.41. The second kappa shape index (κ2) is 11.5. The van der Waals surface area contributed by atoms with Crippen LogP contribution in [0.5, 0.6) is 11.5 Å². The summed E-state index contributed by atoms with van der Waals surface area (Å²) >= 11 is 1.89. The van der Waals surface area contributed by atoms with Crippen molar-refractivity contribution >= 4 is 29.4 Å². The minimum Gasteiger partial charge on any atom is -0.497 e. The van der Waals surface area contributed by atoms with Gasteiger partial charge in [-0.1, -0.05) is 12.1 Å². The molecule has 2 aromatic rings. The summed E-state index contributed by atoms with van der Waals surface area (Å²) in [4.78, 5) is 28.3. The third-order valence-corrected chi connectivity index (χ3v) is 5.97. The standard InChI is InChI=1S/C23H29N3O4S/c1-25(11-14-30-21-9-7-20(29-2)8-10-21)23(28)24-19-5-3-18(4-6-19)17-22(27)26-12-15-31-16-13-26/h3-10H,11-17H2,1-2H3,(H,24,28). The van der Waals surface area contributed by atoms with E-state index in [9.17, 15) is 9.59 Å². The molecule has 2 aromatic carbocycles. The average molecular weight is 444 g/mol. The van der Waals surface area contributed by atoms with Crippen LogP contribution in [0.1, 0.15) is 5.56 Å². The Hall–Kier alpha value is -2.87. The molecule has 3 rings (SSSR count). The highest BCUT2D eigenvalue weighted by molar-refractivity contribution is 7.99. The van der Waals surface area contributed by atoms with E-state index >= 15 is 0 Å². The number of thioether (sulfide) groups is 1. The number of carbonyl (C=O) groups is 2. The van der Waals surface area contributed by atoms with Gasteiger partial charge in [-0.25, -0.2) is 4.79 Å². The molecule has 1 heterocycles. The molecule has 0 atom stereocenters. The number of amides is 3. The fourth-order valence-corrected chi connectivity index (χ4v) is 4.00. The monoisotopic (exact) mass is 443 g/mol. The first kappa shape index (κ1) is 22.8. The molecule has 31 heavy (non-hydrogen) atoms. The van der Waals surface area contributed by atoms with Crippen molar-refractivity contribution in [2.24, 2.45) is 0 Å². The van der Waals surface area contributed by atoms with Gasteiger partial charge in [-0.05, 0) is 42.0 Å². The van der Waals surface area contributed by atoms with Crippen LogP contribution in [0, 0.1) is 0 Å². The van der Waals surface area contributed by atoms with Crippen LogP contribution in [0.2, 0.25) is 0 Å². The third-order valence-electron chi connectivity index (χ3n) is 5.03. The number of ether oxygens (including phenoxy) is 2. The van der Waals surface area contributed by atoms with Crippen molar-refractivity contribution < 1.29 is 19.1 Å². The normalized spacial score (nSPS) is 13.4. The largest absolute Gasteiger partial charge is 0.497 e. The zero-order valence-corrected chi connectivity index (χ0v) is 18.8. The van der Waals surface area contributed by atoms with Gasteiger partial charge in [0.1, 0.15) is 18.1 Å². The molecule has 166 valence electrons. The van der Waals surface area contributed by atoms with E-state index in [0.29, 0.717) is 25.3 Å². The van der Waals surface area contributed by atoms with Crippen LogP contribution in [0.15, 0.2) is 48.5 Å². The molecule has 0 saturated carbocycles. The van der Waals surface area contributed by atoms with Gasteiger partial charge >= 0.3 is 6.03 Å². The highest BCUT2D eigenvalue weighted by Gasteiger charge is 2.17. The predicted molar refractivity (Wildman–Crippen MR) is 124 cm³/mol. The summed E-state index contributed by atoms with van der Waals surface area (Å²) in [5.41, 5.74) is 1.64.